The fourth-order valence-electron chi connectivity index (χ4n) is 3.16. The molecule has 1 N–H and O–H groups in total. The molecule has 2 saturated carbocycles. The highest BCUT2D eigenvalue weighted by Gasteiger charge is 2.40. The minimum absolute atomic E-state index is 0.408. The first-order valence-corrected chi connectivity index (χ1v) is 7.73. The van der Waals surface area contributed by atoms with Crippen LogP contribution in [0.1, 0.15) is 51.9 Å². The van der Waals surface area contributed by atoms with Gasteiger partial charge in [-0.1, -0.05) is 31.5 Å². The lowest BCUT2D eigenvalue weighted by Crippen LogP contribution is -2.47. The summed E-state index contributed by atoms with van der Waals surface area (Å²) < 4.78 is 0. The zero-order valence-corrected chi connectivity index (χ0v) is 11.0. The summed E-state index contributed by atoms with van der Waals surface area (Å²) in [6.45, 7) is 2.40. The van der Waals surface area contributed by atoms with Gasteiger partial charge in [0.2, 0.25) is 0 Å². The zero-order chi connectivity index (χ0) is 11.0. The third-order valence-corrected chi connectivity index (χ3v) is 5.50. The molecular formula is C13H22N2S. The van der Waals surface area contributed by atoms with E-state index in [9.17, 15) is 0 Å². The molecule has 16 heavy (non-hydrogen) atoms. The van der Waals surface area contributed by atoms with Crippen molar-refractivity contribution in [1.29, 1.82) is 0 Å². The zero-order valence-electron chi connectivity index (χ0n) is 10.2. The second-order valence-corrected chi connectivity index (χ2v) is 6.88. The fraction of sp³-hybridized carbons (Fsp3) is 0.923. The van der Waals surface area contributed by atoms with Crippen LogP contribution >= 0.6 is 11.8 Å². The molecule has 3 fully saturated rings. The Labute approximate surface area is 103 Å². The van der Waals surface area contributed by atoms with Gasteiger partial charge in [-0.15, -0.1) is 0 Å². The second kappa shape index (κ2) is 4.25. The summed E-state index contributed by atoms with van der Waals surface area (Å²) in [6.07, 6.45) is 9.53. The van der Waals surface area contributed by atoms with Crippen molar-refractivity contribution in [1.82, 2.24) is 5.32 Å². The Bertz CT molecular complexity index is 298. The van der Waals surface area contributed by atoms with Crippen LogP contribution in [0.5, 0.6) is 0 Å². The maximum Gasteiger partial charge on any atom is 0.157 e. The average molecular weight is 238 g/mol. The van der Waals surface area contributed by atoms with Crippen molar-refractivity contribution < 1.29 is 0 Å². The van der Waals surface area contributed by atoms with Gasteiger partial charge in [0.25, 0.3) is 0 Å². The molecule has 2 atom stereocenters. The summed E-state index contributed by atoms with van der Waals surface area (Å²) in [5.41, 5.74) is 0.408. The van der Waals surface area contributed by atoms with Gasteiger partial charge in [0, 0.05) is 11.3 Å². The number of thioether (sulfide) groups is 1. The molecule has 1 saturated heterocycles. The largest absolute Gasteiger partial charge is 0.359 e. The Morgan fingerprint density at radius 2 is 2.19 bits per heavy atom. The van der Waals surface area contributed by atoms with Gasteiger partial charge in [0.05, 0.1) is 6.04 Å². The average Bonchev–Trinajstić information content (AvgIpc) is 2.55. The summed E-state index contributed by atoms with van der Waals surface area (Å²) in [4.78, 5) is 4.82. The van der Waals surface area contributed by atoms with Gasteiger partial charge in [-0.05, 0) is 38.0 Å². The SMILES string of the molecule is CC1CCCC2(CSC(=NC3CCC3)N2)C1. The van der Waals surface area contributed by atoms with Crippen LogP contribution in [0.15, 0.2) is 4.99 Å². The normalized spacial score (nSPS) is 42.3. The molecule has 2 unspecified atom stereocenters. The van der Waals surface area contributed by atoms with Gasteiger partial charge in [0.1, 0.15) is 0 Å². The highest BCUT2D eigenvalue weighted by molar-refractivity contribution is 8.14. The molecule has 0 radical (unpaired) electrons. The molecule has 2 aliphatic carbocycles. The number of hydrogen-bond donors (Lipinski definition) is 1. The van der Waals surface area contributed by atoms with Crippen LogP contribution < -0.4 is 5.32 Å². The molecule has 90 valence electrons. The van der Waals surface area contributed by atoms with Crippen LogP contribution in [0.2, 0.25) is 0 Å². The number of rotatable bonds is 1. The lowest BCUT2D eigenvalue weighted by Gasteiger charge is -2.36. The predicted octanol–water partition coefficient (Wildman–Crippen LogP) is 3.18. The first kappa shape index (κ1) is 10.9. The summed E-state index contributed by atoms with van der Waals surface area (Å²) in [7, 11) is 0. The maximum atomic E-state index is 4.82. The van der Waals surface area contributed by atoms with Crippen LogP contribution in [0, 0.1) is 5.92 Å². The van der Waals surface area contributed by atoms with E-state index in [4.69, 9.17) is 4.99 Å². The molecular weight excluding hydrogens is 216 g/mol. The molecule has 0 aromatic heterocycles. The van der Waals surface area contributed by atoms with Crippen molar-refractivity contribution in [3.05, 3.63) is 0 Å². The van der Waals surface area contributed by atoms with Crippen molar-refractivity contribution in [3.8, 4) is 0 Å². The fourth-order valence-corrected chi connectivity index (χ4v) is 4.42. The molecule has 3 aliphatic rings. The lowest BCUT2D eigenvalue weighted by atomic mass is 9.78. The molecule has 0 bridgehead atoms. The van der Waals surface area contributed by atoms with Crippen molar-refractivity contribution in [2.75, 3.05) is 5.75 Å². The quantitative estimate of drug-likeness (QED) is 0.759. The molecule has 2 nitrogen and oxygen atoms in total. The third kappa shape index (κ3) is 2.11. The number of nitrogens with zero attached hydrogens (tertiary/aromatic N) is 1. The molecule has 1 heterocycles. The monoisotopic (exact) mass is 238 g/mol. The van der Waals surface area contributed by atoms with Crippen LogP contribution in [0.4, 0.5) is 0 Å². The number of aliphatic imine (C=N–C) groups is 1. The molecule has 0 aromatic rings. The van der Waals surface area contributed by atoms with Gasteiger partial charge in [-0.2, -0.15) is 0 Å². The lowest BCUT2D eigenvalue weighted by molar-refractivity contribution is 0.242. The number of amidine groups is 1. The van der Waals surface area contributed by atoms with Crippen molar-refractivity contribution in [2.24, 2.45) is 10.9 Å². The highest BCUT2D eigenvalue weighted by Crippen LogP contribution is 2.39. The Kier molecular flexibility index (Phi) is 2.90. The summed E-state index contributed by atoms with van der Waals surface area (Å²) in [6, 6.07) is 0.645. The highest BCUT2D eigenvalue weighted by atomic mass is 32.2. The number of hydrogen-bond acceptors (Lipinski definition) is 2. The van der Waals surface area contributed by atoms with Crippen LogP contribution in [0.3, 0.4) is 0 Å². The number of nitrogens with one attached hydrogen (secondary N) is 1. The van der Waals surface area contributed by atoms with Crippen molar-refractivity contribution in [3.63, 3.8) is 0 Å². The van der Waals surface area contributed by atoms with E-state index in [1.54, 1.807) is 0 Å². The first-order chi connectivity index (χ1) is 7.76. The van der Waals surface area contributed by atoms with Gasteiger partial charge >= 0.3 is 0 Å². The molecule has 3 heteroatoms. The Morgan fingerprint density at radius 1 is 1.31 bits per heavy atom. The van der Waals surface area contributed by atoms with Crippen molar-refractivity contribution >= 4 is 16.9 Å². The standard InChI is InChI=1S/C13H22N2S/c1-10-4-3-7-13(8-10)9-16-12(15-13)14-11-5-2-6-11/h10-11H,2-9H2,1H3,(H,14,15). The van der Waals surface area contributed by atoms with Crippen molar-refractivity contribution in [2.45, 2.75) is 63.5 Å². The summed E-state index contributed by atoms with van der Waals surface area (Å²) in [5.74, 6) is 2.15. The molecule has 0 amide bonds. The van der Waals surface area contributed by atoms with Crippen LogP contribution in [-0.2, 0) is 0 Å². The van der Waals surface area contributed by atoms with E-state index in [1.165, 1.54) is 55.9 Å². The molecule has 3 rings (SSSR count). The van der Waals surface area contributed by atoms with Gasteiger partial charge in [-0.25, -0.2) is 0 Å². The van der Waals surface area contributed by atoms with E-state index in [-0.39, 0.29) is 0 Å². The topological polar surface area (TPSA) is 24.4 Å². The van der Waals surface area contributed by atoms with Gasteiger partial charge in [-0.3, -0.25) is 4.99 Å². The van der Waals surface area contributed by atoms with Crippen LogP contribution in [0.25, 0.3) is 0 Å². The first-order valence-electron chi connectivity index (χ1n) is 6.75. The predicted molar refractivity (Wildman–Crippen MR) is 71.0 cm³/mol. The van der Waals surface area contributed by atoms with Gasteiger partial charge < -0.3 is 5.32 Å². The summed E-state index contributed by atoms with van der Waals surface area (Å²) >= 11 is 1.97. The van der Waals surface area contributed by atoms with E-state index in [1.807, 2.05) is 11.8 Å². The molecule has 1 aliphatic heterocycles. The van der Waals surface area contributed by atoms with E-state index >= 15 is 0 Å². The third-order valence-electron chi connectivity index (χ3n) is 4.32. The van der Waals surface area contributed by atoms with E-state index < -0.39 is 0 Å². The molecule has 0 aromatic carbocycles. The van der Waals surface area contributed by atoms with E-state index in [0.717, 1.165) is 5.92 Å². The smallest absolute Gasteiger partial charge is 0.157 e. The van der Waals surface area contributed by atoms with Crippen LogP contribution in [-0.4, -0.2) is 22.5 Å². The Hall–Kier alpha value is -0.180. The van der Waals surface area contributed by atoms with E-state index in [0.29, 0.717) is 11.6 Å². The van der Waals surface area contributed by atoms with E-state index in [2.05, 4.69) is 12.2 Å². The Morgan fingerprint density at radius 3 is 2.88 bits per heavy atom. The summed E-state index contributed by atoms with van der Waals surface area (Å²) in [5, 5.41) is 5.00. The van der Waals surface area contributed by atoms with Gasteiger partial charge in [0.15, 0.2) is 5.17 Å². The minimum atomic E-state index is 0.408. The Balaban J connectivity index is 1.64. The maximum absolute atomic E-state index is 4.82. The minimum Gasteiger partial charge on any atom is -0.359 e. The second-order valence-electron chi connectivity index (χ2n) is 5.91. The molecule has 1 spiro atoms.